The van der Waals surface area contributed by atoms with Crippen molar-refractivity contribution >= 4 is 33.5 Å². The molecule has 0 unspecified atom stereocenters. The van der Waals surface area contributed by atoms with Gasteiger partial charge in [-0.15, -0.1) is 11.3 Å². The number of thiophene rings is 1. The fourth-order valence-corrected chi connectivity index (χ4v) is 4.96. The second kappa shape index (κ2) is 11.0. The zero-order chi connectivity index (χ0) is 26.6. The van der Waals surface area contributed by atoms with Crippen LogP contribution in [0.2, 0.25) is 0 Å². The predicted molar refractivity (Wildman–Crippen MR) is 147 cm³/mol. The van der Waals surface area contributed by atoms with Crippen LogP contribution in [-0.2, 0) is 29.1 Å². The molecule has 192 valence electrons. The van der Waals surface area contributed by atoms with Crippen LogP contribution in [0, 0.1) is 6.92 Å². The topological polar surface area (TPSA) is 84.9 Å². The molecule has 2 N–H and O–H groups in total. The summed E-state index contributed by atoms with van der Waals surface area (Å²) in [5.74, 6) is -0.304. The molecular weight excluding hydrogens is 486 g/mol. The second-order valence-electron chi connectivity index (χ2n) is 10.0. The third-order valence-corrected chi connectivity index (χ3v) is 6.61. The molecule has 1 heterocycles. The Hall–Kier alpha value is -3.84. The van der Waals surface area contributed by atoms with Crippen LogP contribution in [0.5, 0.6) is 5.75 Å². The van der Waals surface area contributed by atoms with Gasteiger partial charge in [0.25, 0.3) is 0 Å². The van der Waals surface area contributed by atoms with E-state index in [0.717, 1.165) is 33.2 Å². The van der Waals surface area contributed by atoms with Gasteiger partial charge in [0.2, 0.25) is 0 Å². The minimum absolute atomic E-state index is 0.0887. The Morgan fingerprint density at radius 2 is 1.81 bits per heavy atom. The molecule has 3 aromatic carbocycles. The lowest BCUT2D eigenvalue weighted by atomic mass is 9.99. The lowest BCUT2D eigenvalue weighted by Gasteiger charge is -2.19. The smallest absolute Gasteiger partial charge is 0.407 e. The number of rotatable bonds is 8. The summed E-state index contributed by atoms with van der Waals surface area (Å²) in [7, 11) is 0. The molecule has 6 nitrogen and oxygen atoms in total. The number of hydrogen-bond donors (Lipinski definition) is 2. The minimum Gasteiger partial charge on any atom is -0.489 e. The first-order valence-electron chi connectivity index (χ1n) is 12.1. The van der Waals surface area contributed by atoms with E-state index in [1.54, 1.807) is 11.3 Å². The highest BCUT2D eigenvalue weighted by Crippen LogP contribution is 2.35. The average molecular weight is 518 g/mol. The quantitative estimate of drug-likeness (QED) is 0.260. The Morgan fingerprint density at radius 3 is 2.57 bits per heavy atom. The number of nitrogens with one attached hydrogen (secondary N) is 1. The van der Waals surface area contributed by atoms with Crippen LogP contribution in [0.25, 0.3) is 21.2 Å². The van der Waals surface area contributed by atoms with Gasteiger partial charge in [-0.05, 0) is 96.6 Å². The Balaban J connectivity index is 1.57. The maximum Gasteiger partial charge on any atom is 0.407 e. The number of carboxylic acid groups (broad SMARTS) is 1. The number of hydrogen-bond acceptors (Lipinski definition) is 5. The number of amides is 1. The highest BCUT2D eigenvalue weighted by Gasteiger charge is 2.16. The van der Waals surface area contributed by atoms with Crippen LogP contribution in [-0.4, -0.2) is 22.8 Å². The average Bonchev–Trinajstić information content (AvgIpc) is 3.30. The van der Waals surface area contributed by atoms with Crippen LogP contribution in [0.15, 0.2) is 66.0 Å². The lowest BCUT2D eigenvalue weighted by molar-refractivity contribution is -0.136. The van der Waals surface area contributed by atoms with Gasteiger partial charge in [0.05, 0.1) is 6.42 Å². The number of carbonyl (C=O) groups is 2. The molecule has 4 aromatic rings. The van der Waals surface area contributed by atoms with Gasteiger partial charge in [0.1, 0.15) is 18.0 Å². The standard InChI is InChI=1S/C30H31NO5S/c1-19-8-9-23(16-27(32)33)26(12-19)35-18-21-14-24-10-11-37-28(24)25(15-21)22-7-5-6-20(13-22)17-31-29(34)36-30(2,3)4/h5-15H,16-18H2,1-4H3,(H,31,34)(H,32,33). The van der Waals surface area contributed by atoms with Gasteiger partial charge >= 0.3 is 12.1 Å². The van der Waals surface area contributed by atoms with E-state index < -0.39 is 17.7 Å². The fraction of sp³-hybridized carbons (Fsp3) is 0.267. The van der Waals surface area contributed by atoms with Crippen molar-refractivity contribution in [1.82, 2.24) is 5.32 Å². The monoisotopic (exact) mass is 517 g/mol. The molecule has 0 aliphatic rings. The van der Waals surface area contributed by atoms with Crippen molar-refractivity contribution in [2.24, 2.45) is 0 Å². The van der Waals surface area contributed by atoms with E-state index in [-0.39, 0.29) is 6.42 Å². The molecule has 0 saturated carbocycles. The van der Waals surface area contributed by atoms with Crippen LogP contribution in [0.1, 0.15) is 43.0 Å². The number of ether oxygens (including phenoxy) is 2. The lowest BCUT2D eigenvalue weighted by Crippen LogP contribution is -2.32. The molecule has 1 aromatic heterocycles. The van der Waals surface area contributed by atoms with E-state index in [4.69, 9.17) is 9.47 Å². The maximum absolute atomic E-state index is 12.1. The molecule has 1 amide bonds. The summed E-state index contributed by atoms with van der Waals surface area (Å²) in [6.07, 6.45) is -0.537. The third kappa shape index (κ3) is 7.11. The molecule has 0 bridgehead atoms. The number of benzene rings is 3. The Labute approximate surface area is 220 Å². The molecule has 37 heavy (non-hydrogen) atoms. The van der Waals surface area contributed by atoms with Gasteiger partial charge in [-0.1, -0.05) is 30.3 Å². The molecule has 0 spiro atoms. The van der Waals surface area contributed by atoms with E-state index >= 15 is 0 Å². The molecule has 0 aliphatic carbocycles. The minimum atomic E-state index is -0.892. The molecular formula is C30H31NO5S. The highest BCUT2D eigenvalue weighted by molar-refractivity contribution is 7.17. The molecule has 4 rings (SSSR count). The summed E-state index contributed by atoms with van der Waals surface area (Å²) in [4.78, 5) is 23.4. The number of aryl methyl sites for hydroxylation is 1. The van der Waals surface area contributed by atoms with E-state index in [9.17, 15) is 14.7 Å². The van der Waals surface area contributed by atoms with Crippen molar-refractivity contribution < 1.29 is 24.2 Å². The summed E-state index contributed by atoms with van der Waals surface area (Å²) in [5, 5.41) is 15.3. The van der Waals surface area contributed by atoms with E-state index in [1.807, 2.05) is 58.0 Å². The summed E-state index contributed by atoms with van der Waals surface area (Å²) in [6, 6.07) is 20.0. The number of fused-ring (bicyclic) bond motifs is 1. The largest absolute Gasteiger partial charge is 0.489 e. The second-order valence-corrected chi connectivity index (χ2v) is 10.9. The van der Waals surface area contributed by atoms with E-state index in [2.05, 4.69) is 41.0 Å². The molecule has 0 aliphatic heterocycles. The van der Waals surface area contributed by atoms with Crippen LogP contribution >= 0.6 is 11.3 Å². The van der Waals surface area contributed by atoms with Crippen LogP contribution in [0.4, 0.5) is 4.79 Å². The van der Waals surface area contributed by atoms with Gasteiger partial charge in [-0.2, -0.15) is 0 Å². The summed E-state index contributed by atoms with van der Waals surface area (Å²) >= 11 is 1.68. The van der Waals surface area contributed by atoms with Gasteiger partial charge in [-0.3, -0.25) is 4.79 Å². The Kier molecular flexibility index (Phi) is 7.83. The number of carbonyl (C=O) groups excluding carboxylic acids is 1. The Morgan fingerprint density at radius 1 is 1.00 bits per heavy atom. The summed E-state index contributed by atoms with van der Waals surface area (Å²) in [6.45, 7) is 8.14. The van der Waals surface area contributed by atoms with Gasteiger partial charge in [-0.25, -0.2) is 4.79 Å². The number of aliphatic carboxylic acids is 1. The van der Waals surface area contributed by atoms with Crippen molar-refractivity contribution in [3.05, 3.63) is 88.3 Å². The zero-order valence-electron chi connectivity index (χ0n) is 21.5. The molecule has 7 heteroatoms. The molecule has 0 saturated heterocycles. The number of alkyl carbamates (subject to hydrolysis) is 1. The summed E-state index contributed by atoms with van der Waals surface area (Å²) < 4.78 is 12.6. The first-order chi connectivity index (χ1) is 17.6. The summed E-state index contributed by atoms with van der Waals surface area (Å²) in [5.41, 5.74) is 5.19. The van der Waals surface area contributed by atoms with Gasteiger partial charge < -0.3 is 19.9 Å². The van der Waals surface area contributed by atoms with E-state index in [1.165, 1.54) is 4.70 Å². The van der Waals surface area contributed by atoms with Crippen molar-refractivity contribution in [2.45, 2.75) is 52.9 Å². The fourth-order valence-electron chi connectivity index (χ4n) is 4.05. The normalized spacial score (nSPS) is 11.4. The Bertz CT molecular complexity index is 1430. The first kappa shape index (κ1) is 26.2. The van der Waals surface area contributed by atoms with Crippen molar-refractivity contribution in [3.8, 4) is 16.9 Å². The zero-order valence-corrected chi connectivity index (χ0v) is 22.3. The van der Waals surface area contributed by atoms with Crippen molar-refractivity contribution in [2.75, 3.05) is 0 Å². The highest BCUT2D eigenvalue weighted by atomic mass is 32.1. The van der Waals surface area contributed by atoms with Crippen LogP contribution in [0.3, 0.4) is 0 Å². The first-order valence-corrected chi connectivity index (χ1v) is 13.0. The third-order valence-electron chi connectivity index (χ3n) is 5.64. The molecule has 0 atom stereocenters. The van der Waals surface area contributed by atoms with E-state index in [0.29, 0.717) is 24.5 Å². The number of carboxylic acids is 1. The van der Waals surface area contributed by atoms with Gasteiger partial charge in [0.15, 0.2) is 0 Å². The van der Waals surface area contributed by atoms with Gasteiger partial charge in [0, 0.05) is 16.8 Å². The van der Waals surface area contributed by atoms with Crippen molar-refractivity contribution in [1.29, 1.82) is 0 Å². The van der Waals surface area contributed by atoms with Crippen LogP contribution < -0.4 is 10.1 Å². The molecule has 0 radical (unpaired) electrons. The maximum atomic E-state index is 12.1. The SMILES string of the molecule is Cc1ccc(CC(=O)O)c(OCc2cc(-c3cccc(CNC(=O)OC(C)(C)C)c3)c3sccc3c2)c1. The molecule has 0 fully saturated rings. The van der Waals surface area contributed by atoms with Crippen molar-refractivity contribution in [3.63, 3.8) is 0 Å². The predicted octanol–water partition coefficient (Wildman–Crippen LogP) is 7.11.